The lowest BCUT2D eigenvalue weighted by molar-refractivity contribution is -0.140. The monoisotopic (exact) mass is 493 g/mol. The zero-order valence-corrected chi connectivity index (χ0v) is 20.9. The molecule has 1 N–H and O–H groups in total. The molecule has 0 aliphatic carbocycles. The number of hydrogen-bond donors (Lipinski definition) is 1. The molecule has 0 heterocycles. The average Bonchev–Trinajstić information content (AvgIpc) is 2.82. The minimum atomic E-state index is -3.62. The van der Waals surface area contributed by atoms with Crippen LogP contribution in [0.2, 0.25) is 5.02 Å². The SMILES string of the molecule is CCCNC(=O)[C@@H](C)N(Cc1ccc(Cl)cc1)C(=O)CCCN(C)S(=O)(=O)c1ccccc1. The molecule has 0 saturated heterocycles. The molecule has 2 amide bonds. The maximum absolute atomic E-state index is 13.1. The summed E-state index contributed by atoms with van der Waals surface area (Å²) in [7, 11) is -2.12. The first-order valence-electron chi connectivity index (χ1n) is 11.0. The highest BCUT2D eigenvalue weighted by atomic mass is 35.5. The number of nitrogens with zero attached hydrogens (tertiary/aromatic N) is 2. The molecule has 0 saturated carbocycles. The van der Waals surface area contributed by atoms with Crippen LogP contribution in [0.15, 0.2) is 59.5 Å². The summed E-state index contributed by atoms with van der Waals surface area (Å²) in [6.07, 6.45) is 1.25. The molecule has 0 aliphatic heterocycles. The Labute approximate surface area is 201 Å². The third kappa shape index (κ3) is 7.84. The van der Waals surface area contributed by atoms with E-state index in [2.05, 4.69) is 5.32 Å². The van der Waals surface area contributed by atoms with E-state index in [-0.39, 0.29) is 36.2 Å². The van der Waals surface area contributed by atoms with E-state index < -0.39 is 16.1 Å². The Kier molecular flexibility index (Phi) is 10.3. The van der Waals surface area contributed by atoms with Crippen LogP contribution in [0.25, 0.3) is 0 Å². The molecule has 0 spiro atoms. The molecule has 9 heteroatoms. The predicted octanol–water partition coefficient (Wildman–Crippen LogP) is 3.68. The zero-order valence-electron chi connectivity index (χ0n) is 19.3. The summed E-state index contributed by atoms with van der Waals surface area (Å²) >= 11 is 5.96. The predicted molar refractivity (Wildman–Crippen MR) is 130 cm³/mol. The van der Waals surface area contributed by atoms with E-state index in [4.69, 9.17) is 11.6 Å². The van der Waals surface area contributed by atoms with Gasteiger partial charge in [0.25, 0.3) is 0 Å². The summed E-state index contributed by atoms with van der Waals surface area (Å²) in [5, 5.41) is 3.42. The first-order valence-corrected chi connectivity index (χ1v) is 12.8. The molecule has 0 aliphatic rings. The Morgan fingerprint density at radius 3 is 2.30 bits per heavy atom. The summed E-state index contributed by atoms with van der Waals surface area (Å²) in [5.41, 5.74) is 0.853. The van der Waals surface area contributed by atoms with E-state index >= 15 is 0 Å². The fourth-order valence-electron chi connectivity index (χ4n) is 3.25. The Bertz CT molecular complexity index is 1010. The second-order valence-corrected chi connectivity index (χ2v) is 10.3. The number of nitrogens with one attached hydrogen (secondary N) is 1. The lowest BCUT2D eigenvalue weighted by Crippen LogP contribution is -2.47. The third-order valence-corrected chi connectivity index (χ3v) is 7.42. The molecule has 2 rings (SSSR count). The van der Waals surface area contributed by atoms with E-state index in [1.165, 1.54) is 16.3 Å². The molecule has 2 aromatic carbocycles. The Balaban J connectivity index is 2.05. The molecular formula is C24H32ClN3O4S. The number of carbonyl (C=O) groups is 2. The fourth-order valence-corrected chi connectivity index (χ4v) is 4.61. The van der Waals surface area contributed by atoms with Crippen molar-refractivity contribution in [2.24, 2.45) is 0 Å². The number of hydrogen-bond acceptors (Lipinski definition) is 4. The largest absolute Gasteiger partial charge is 0.354 e. The van der Waals surface area contributed by atoms with Gasteiger partial charge in [0, 0.05) is 38.1 Å². The second kappa shape index (κ2) is 12.7. The van der Waals surface area contributed by atoms with Crippen LogP contribution in [0, 0.1) is 0 Å². The van der Waals surface area contributed by atoms with E-state index in [0.717, 1.165) is 12.0 Å². The molecule has 7 nitrogen and oxygen atoms in total. The van der Waals surface area contributed by atoms with Gasteiger partial charge >= 0.3 is 0 Å². The smallest absolute Gasteiger partial charge is 0.242 e. The fraction of sp³-hybridized carbons (Fsp3) is 0.417. The highest BCUT2D eigenvalue weighted by Crippen LogP contribution is 2.17. The molecule has 0 unspecified atom stereocenters. The Hall–Kier alpha value is -2.42. The summed E-state index contributed by atoms with van der Waals surface area (Å²) in [6, 6.07) is 14.6. The molecule has 1 atom stereocenters. The Morgan fingerprint density at radius 2 is 1.70 bits per heavy atom. The van der Waals surface area contributed by atoms with Gasteiger partial charge in [-0.2, -0.15) is 0 Å². The highest BCUT2D eigenvalue weighted by molar-refractivity contribution is 7.89. The summed E-state index contributed by atoms with van der Waals surface area (Å²) < 4.78 is 26.6. The topological polar surface area (TPSA) is 86.8 Å². The molecule has 0 radical (unpaired) electrons. The first-order chi connectivity index (χ1) is 15.7. The van der Waals surface area contributed by atoms with Gasteiger partial charge in [0.05, 0.1) is 4.90 Å². The normalized spacial score (nSPS) is 12.4. The van der Waals surface area contributed by atoms with E-state index in [9.17, 15) is 18.0 Å². The van der Waals surface area contributed by atoms with Crippen LogP contribution in [-0.2, 0) is 26.2 Å². The van der Waals surface area contributed by atoms with Gasteiger partial charge in [-0.15, -0.1) is 0 Å². The van der Waals surface area contributed by atoms with Crippen LogP contribution in [-0.4, -0.2) is 55.6 Å². The maximum atomic E-state index is 13.1. The van der Waals surface area contributed by atoms with E-state index in [0.29, 0.717) is 18.0 Å². The van der Waals surface area contributed by atoms with E-state index in [1.54, 1.807) is 49.4 Å². The van der Waals surface area contributed by atoms with Crippen molar-refractivity contribution in [1.82, 2.24) is 14.5 Å². The molecule has 0 aromatic heterocycles. The van der Waals surface area contributed by atoms with Crippen LogP contribution < -0.4 is 5.32 Å². The lowest BCUT2D eigenvalue weighted by atomic mass is 10.1. The van der Waals surface area contributed by atoms with Crippen LogP contribution in [0.5, 0.6) is 0 Å². The first kappa shape index (κ1) is 26.8. The number of amides is 2. The highest BCUT2D eigenvalue weighted by Gasteiger charge is 2.26. The Morgan fingerprint density at radius 1 is 1.06 bits per heavy atom. The van der Waals surface area contributed by atoms with E-state index in [1.807, 2.05) is 19.1 Å². The molecule has 2 aromatic rings. The van der Waals surface area contributed by atoms with Crippen molar-refractivity contribution in [2.45, 2.75) is 50.6 Å². The van der Waals surface area contributed by atoms with Gasteiger partial charge in [-0.1, -0.05) is 48.9 Å². The van der Waals surface area contributed by atoms with Crippen LogP contribution in [0.4, 0.5) is 0 Å². The molecular weight excluding hydrogens is 462 g/mol. The van der Waals surface area contributed by atoms with Crippen molar-refractivity contribution in [3.8, 4) is 0 Å². The summed E-state index contributed by atoms with van der Waals surface area (Å²) in [4.78, 5) is 27.4. The molecule has 180 valence electrons. The van der Waals surface area contributed by atoms with Gasteiger partial charge < -0.3 is 10.2 Å². The van der Waals surface area contributed by atoms with Crippen molar-refractivity contribution in [3.63, 3.8) is 0 Å². The van der Waals surface area contributed by atoms with Crippen molar-refractivity contribution >= 4 is 33.4 Å². The quantitative estimate of drug-likeness (QED) is 0.488. The molecule has 0 bridgehead atoms. The second-order valence-electron chi connectivity index (χ2n) is 7.86. The molecule has 33 heavy (non-hydrogen) atoms. The summed E-state index contributed by atoms with van der Waals surface area (Å²) in [6.45, 7) is 4.64. The van der Waals surface area contributed by atoms with Gasteiger partial charge in [-0.05, 0) is 49.6 Å². The molecule has 0 fully saturated rings. The van der Waals surface area contributed by atoms with Crippen molar-refractivity contribution < 1.29 is 18.0 Å². The summed E-state index contributed by atoms with van der Waals surface area (Å²) in [5.74, 6) is -0.433. The van der Waals surface area contributed by atoms with Crippen LogP contribution >= 0.6 is 11.6 Å². The third-order valence-electron chi connectivity index (χ3n) is 5.30. The standard InChI is InChI=1S/C24H32ClN3O4S/c1-4-16-26-24(30)19(2)28(18-20-12-14-21(25)15-13-20)23(29)11-8-17-27(3)33(31,32)22-9-6-5-7-10-22/h5-7,9-10,12-15,19H,4,8,11,16-18H2,1-3H3,(H,26,30)/t19-/m1/s1. The van der Waals surface area contributed by atoms with Gasteiger partial charge in [0.2, 0.25) is 21.8 Å². The van der Waals surface area contributed by atoms with Crippen molar-refractivity contribution in [2.75, 3.05) is 20.1 Å². The van der Waals surface area contributed by atoms with Gasteiger partial charge in [-0.3, -0.25) is 9.59 Å². The van der Waals surface area contributed by atoms with Crippen molar-refractivity contribution in [1.29, 1.82) is 0 Å². The lowest BCUT2D eigenvalue weighted by Gasteiger charge is -2.29. The number of sulfonamides is 1. The van der Waals surface area contributed by atoms with Gasteiger partial charge in [0.1, 0.15) is 6.04 Å². The van der Waals surface area contributed by atoms with Crippen LogP contribution in [0.1, 0.15) is 38.7 Å². The van der Waals surface area contributed by atoms with Crippen LogP contribution in [0.3, 0.4) is 0 Å². The number of rotatable bonds is 12. The minimum absolute atomic E-state index is 0.119. The maximum Gasteiger partial charge on any atom is 0.242 e. The minimum Gasteiger partial charge on any atom is -0.354 e. The number of benzene rings is 2. The average molecular weight is 494 g/mol. The van der Waals surface area contributed by atoms with Gasteiger partial charge in [0.15, 0.2) is 0 Å². The van der Waals surface area contributed by atoms with Crippen molar-refractivity contribution in [3.05, 3.63) is 65.2 Å². The zero-order chi connectivity index (χ0) is 24.4. The number of carbonyl (C=O) groups excluding carboxylic acids is 2. The number of halogens is 1. The van der Waals surface area contributed by atoms with Gasteiger partial charge in [-0.25, -0.2) is 12.7 Å².